The summed E-state index contributed by atoms with van der Waals surface area (Å²) in [4.78, 5) is 28.7. The number of rotatable bonds is 3. The summed E-state index contributed by atoms with van der Waals surface area (Å²) in [7, 11) is 1.80. The van der Waals surface area contributed by atoms with Gasteiger partial charge in [-0.3, -0.25) is 9.69 Å². The van der Waals surface area contributed by atoms with Crippen LogP contribution in [-0.2, 0) is 16.1 Å². The number of hydrogen-bond acceptors (Lipinski definition) is 3. The Labute approximate surface area is 150 Å². The molecule has 1 aromatic rings. The van der Waals surface area contributed by atoms with Gasteiger partial charge in [-0.15, -0.1) is 0 Å². The van der Waals surface area contributed by atoms with Crippen LogP contribution in [0.25, 0.3) is 0 Å². The maximum absolute atomic E-state index is 12.9. The van der Waals surface area contributed by atoms with Gasteiger partial charge in [-0.25, -0.2) is 4.79 Å². The molecule has 5 heteroatoms. The third kappa shape index (κ3) is 5.48. The fourth-order valence-corrected chi connectivity index (χ4v) is 3.03. The Morgan fingerprint density at radius 3 is 2.44 bits per heavy atom. The van der Waals surface area contributed by atoms with Crippen LogP contribution in [0.4, 0.5) is 4.79 Å². The third-order valence-electron chi connectivity index (χ3n) is 4.33. The Balaban J connectivity index is 2.05. The predicted molar refractivity (Wildman–Crippen MR) is 98.2 cm³/mol. The highest BCUT2D eigenvalue weighted by Crippen LogP contribution is 2.22. The molecule has 1 heterocycles. The zero-order chi connectivity index (χ0) is 18.6. The number of nitrogens with zero attached hydrogens (tertiary/aromatic N) is 2. The first-order valence-electron chi connectivity index (χ1n) is 8.97. The molecule has 138 valence electrons. The topological polar surface area (TPSA) is 49.9 Å². The number of piperidine rings is 1. The van der Waals surface area contributed by atoms with Gasteiger partial charge in [0.15, 0.2) is 0 Å². The number of benzene rings is 1. The van der Waals surface area contributed by atoms with E-state index in [1.807, 2.05) is 52.0 Å². The lowest BCUT2D eigenvalue weighted by Crippen LogP contribution is -2.53. The van der Waals surface area contributed by atoms with Crippen LogP contribution < -0.4 is 0 Å². The molecule has 1 saturated heterocycles. The van der Waals surface area contributed by atoms with Crippen LogP contribution in [0, 0.1) is 6.92 Å². The Morgan fingerprint density at radius 2 is 1.84 bits per heavy atom. The molecule has 1 aliphatic heterocycles. The monoisotopic (exact) mass is 346 g/mol. The highest BCUT2D eigenvalue weighted by Gasteiger charge is 2.36. The molecule has 2 rings (SSSR count). The minimum absolute atomic E-state index is 0.0221. The second-order valence-corrected chi connectivity index (χ2v) is 7.87. The standard InChI is InChI=1S/C20H30N2O3/c1-15-9-11-16(12-10-15)14-21(5)18(23)17-8-6-7-13-22(17)19(24)25-20(2,3)4/h9-12,17H,6-8,13-14H2,1-5H3. The SMILES string of the molecule is Cc1ccc(CN(C)C(=O)C2CCCCN2C(=O)OC(C)(C)C)cc1. The van der Waals surface area contributed by atoms with Gasteiger partial charge < -0.3 is 9.64 Å². The third-order valence-corrected chi connectivity index (χ3v) is 4.33. The molecule has 1 fully saturated rings. The van der Waals surface area contributed by atoms with Crippen LogP contribution in [0.2, 0.25) is 0 Å². The molecule has 2 amide bonds. The van der Waals surface area contributed by atoms with Crippen molar-refractivity contribution in [2.45, 2.75) is 65.1 Å². The van der Waals surface area contributed by atoms with Crippen LogP contribution in [0.1, 0.15) is 51.2 Å². The minimum atomic E-state index is -0.560. The quantitative estimate of drug-likeness (QED) is 0.838. The van der Waals surface area contributed by atoms with E-state index in [4.69, 9.17) is 4.74 Å². The van der Waals surface area contributed by atoms with Gasteiger partial charge in [-0.05, 0) is 52.5 Å². The van der Waals surface area contributed by atoms with Gasteiger partial charge in [-0.1, -0.05) is 29.8 Å². The maximum Gasteiger partial charge on any atom is 0.410 e. The van der Waals surface area contributed by atoms with E-state index in [2.05, 4.69) is 0 Å². The lowest BCUT2D eigenvalue weighted by atomic mass is 10.0. The van der Waals surface area contributed by atoms with Gasteiger partial charge in [-0.2, -0.15) is 0 Å². The van der Waals surface area contributed by atoms with Gasteiger partial charge in [0.2, 0.25) is 5.91 Å². The number of carbonyl (C=O) groups is 2. The summed E-state index contributed by atoms with van der Waals surface area (Å²) < 4.78 is 5.49. The van der Waals surface area contributed by atoms with E-state index in [0.717, 1.165) is 18.4 Å². The number of hydrogen-bond donors (Lipinski definition) is 0. The van der Waals surface area contributed by atoms with Crippen molar-refractivity contribution in [3.8, 4) is 0 Å². The Hall–Kier alpha value is -2.04. The van der Waals surface area contributed by atoms with Gasteiger partial charge in [0.1, 0.15) is 11.6 Å². The number of carbonyl (C=O) groups excluding carboxylic acids is 2. The number of likely N-dealkylation sites (tertiary alicyclic amines) is 1. The van der Waals surface area contributed by atoms with Crippen molar-refractivity contribution in [3.63, 3.8) is 0 Å². The van der Waals surface area contributed by atoms with E-state index in [-0.39, 0.29) is 5.91 Å². The van der Waals surface area contributed by atoms with Crippen molar-refractivity contribution in [1.82, 2.24) is 9.80 Å². The van der Waals surface area contributed by atoms with Crippen LogP contribution >= 0.6 is 0 Å². The Kier molecular flexibility index (Phi) is 6.09. The van der Waals surface area contributed by atoms with Crippen molar-refractivity contribution in [3.05, 3.63) is 35.4 Å². The van der Waals surface area contributed by atoms with E-state index < -0.39 is 17.7 Å². The summed E-state index contributed by atoms with van der Waals surface area (Å²) in [6, 6.07) is 7.72. The fourth-order valence-electron chi connectivity index (χ4n) is 3.03. The summed E-state index contributed by atoms with van der Waals surface area (Å²) in [5.74, 6) is -0.0221. The molecule has 0 aromatic heterocycles. The van der Waals surface area contributed by atoms with Crippen molar-refractivity contribution in [1.29, 1.82) is 0 Å². The molecule has 1 aromatic carbocycles. The van der Waals surface area contributed by atoms with Crippen molar-refractivity contribution in [2.24, 2.45) is 0 Å². The van der Waals surface area contributed by atoms with E-state index in [0.29, 0.717) is 19.5 Å². The van der Waals surface area contributed by atoms with Crippen LogP contribution in [-0.4, -0.2) is 47.0 Å². The summed E-state index contributed by atoms with van der Waals surface area (Å²) in [5.41, 5.74) is 1.72. The van der Waals surface area contributed by atoms with Crippen molar-refractivity contribution >= 4 is 12.0 Å². The lowest BCUT2D eigenvalue weighted by molar-refractivity contribution is -0.137. The number of amides is 2. The maximum atomic E-state index is 12.9. The Bertz CT molecular complexity index is 604. The summed E-state index contributed by atoms with van der Waals surface area (Å²) in [6.07, 6.45) is 2.16. The largest absolute Gasteiger partial charge is 0.444 e. The average Bonchev–Trinajstić information content (AvgIpc) is 2.54. The summed E-state index contributed by atoms with van der Waals surface area (Å²) in [6.45, 7) is 8.68. The van der Waals surface area contributed by atoms with Crippen LogP contribution in [0.15, 0.2) is 24.3 Å². The molecule has 0 bridgehead atoms. The molecule has 1 atom stereocenters. The van der Waals surface area contributed by atoms with E-state index in [9.17, 15) is 9.59 Å². The molecule has 5 nitrogen and oxygen atoms in total. The molecule has 0 saturated carbocycles. The van der Waals surface area contributed by atoms with Gasteiger partial charge in [0, 0.05) is 20.1 Å². The first-order valence-corrected chi connectivity index (χ1v) is 8.97. The highest BCUT2D eigenvalue weighted by atomic mass is 16.6. The zero-order valence-electron chi connectivity index (χ0n) is 16.0. The molecule has 1 aliphatic rings. The Morgan fingerprint density at radius 1 is 1.20 bits per heavy atom. The van der Waals surface area contributed by atoms with Crippen molar-refractivity contribution < 1.29 is 14.3 Å². The molecule has 0 spiro atoms. The van der Waals surface area contributed by atoms with Crippen LogP contribution in [0.3, 0.4) is 0 Å². The average molecular weight is 346 g/mol. The number of aryl methyl sites for hydroxylation is 1. The first-order chi connectivity index (χ1) is 11.7. The van der Waals surface area contributed by atoms with Crippen LogP contribution in [0.5, 0.6) is 0 Å². The highest BCUT2D eigenvalue weighted by molar-refractivity contribution is 5.85. The van der Waals surface area contributed by atoms with E-state index in [1.165, 1.54) is 5.56 Å². The van der Waals surface area contributed by atoms with E-state index in [1.54, 1.807) is 16.8 Å². The molecule has 0 N–H and O–H groups in total. The molecule has 0 radical (unpaired) electrons. The van der Waals surface area contributed by atoms with Gasteiger partial charge in [0.05, 0.1) is 0 Å². The number of likely N-dealkylation sites (N-methyl/N-ethyl adjacent to an activating group) is 1. The van der Waals surface area contributed by atoms with Gasteiger partial charge in [0.25, 0.3) is 0 Å². The van der Waals surface area contributed by atoms with Gasteiger partial charge >= 0.3 is 6.09 Å². The zero-order valence-corrected chi connectivity index (χ0v) is 16.0. The molecule has 1 unspecified atom stereocenters. The molecular formula is C20H30N2O3. The predicted octanol–water partition coefficient (Wildman–Crippen LogP) is 3.74. The summed E-state index contributed by atoms with van der Waals surface area (Å²) >= 11 is 0. The minimum Gasteiger partial charge on any atom is -0.444 e. The lowest BCUT2D eigenvalue weighted by Gasteiger charge is -2.37. The molecule has 0 aliphatic carbocycles. The second-order valence-electron chi connectivity index (χ2n) is 7.87. The van der Waals surface area contributed by atoms with Crippen molar-refractivity contribution in [2.75, 3.05) is 13.6 Å². The summed E-state index contributed by atoms with van der Waals surface area (Å²) in [5, 5.41) is 0. The van der Waals surface area contributed by atoms with E-state index >= 15 is 0 Å². The molecule has 25 heavy (non-hydrogen) atoms. The fraction of sp³-hybridized carbons (Fsp3) is 0.600. The first kappa shape index (κ1) is 19.3. The number of ether oxygens (including phenoxy) is 1. The second kappa shape index (κ2) is 7.89. The molecular weight excluding hydrogens is 316 g/mol. The normalized spacial score (nSPS) is 18.0. The smallest absolute Gasteiger partial charge is 0.410 e.